The predicted octanol–water partition coefficient (Wildman–Crippen LogP) is 1.36. The normalized spacial score (nSPS) is 10.3. The summed E-state index contributed by atoms with van der Waals surface area (Å²) < 4.78 is 6.62. The Morgan fingerprint density at radius 1 is 1.33 bits per heavy atom. The number of methoxy groups -OCH3 is 1. The van der Waals surface area contributed by atoms with Gasteiger partial charge in [0.05, 0.1) is 18.1 Å². The Morgan fingerprint density at radius 2 is 2.06 bits per heavy atom. The molecule has 6 heteroatoms. The molecule has 1 N–H and O–H groups in total. The lowest BCUT2D eigenvalue weighted by molar-refractivity contribution is 0.407. The van der Waals surface area contributed by atoms with Crippen LogP contribution in [0.1, 0.15) is 5.56 Å². The van der Waals surface area contributed by atoms with Crippen molar-refractivity contribution in [1.82, 2.24) is 9.55 Å². The van der Waals surface area contributed by atoms with E-state index in [4.69, 9.17) is 4.74 Å². The highest BCUT2D eigenvalue weighted by Gasteiger charge is 2.08. The van der Waals surface area contributed by atoms with Gasteiger partial charge in [0.1, 0.15) is 5.75 Å². The summed E-state index contributed by atoms with van der Waals surface area (Å²) in [6.07, 6.45) is 1.34. The van der Waals surface area contributed by atoms with E-state index in [0.29, 0.717) is 10.2 Å². The molecule has 0 radical (unpaired) electrons. The van der Waals surface area contributed by atoms with Crippen LogP contribution in [0.3, 0.4) is 0 Å². The molecule has 0 unspecified atom stereocenters. The molecule has 18 heavy (non-hydrogen) atoms. The molecule has 0 fully saturated rings. The van der Waals surface area contributed by atoms with Crippen LogP contribution in [0.15, 0.2) is 44.5 Å². The quantitative estimate of drug-likeness (QED) is 0.931. The second kappa shape index (κ2) is 5.22. The third-order valence-electron chi connectivity index (χ3n) is 2.54. The van der Waals surface area contributed by atoms with Crippen molar-refractivity contribution in [3.8, 4) is 5.75 Å². The standard InChI is InChI=1S/C12H11BrN2O3/c1-18-10-5-3-2-4-8(10)7-15-11(16)9(13)6-14-12(15)17/h2-6H,7H2,1H3,(H,14,17). The van der Waals surface area contributed by atoms with Crippen molar-refractivity contribution in [2.75, 3.05) is 7.11 Å². The highest BCUT2D eigenvalue weighted by atomic mass is 79.9. The SMILES string of the molecule is COc1ccccc1Cn1c(=O)[nH]cc(Br)c1=O. The molecular weight excluding hydrogens is 300 g/mol. The van der Waals surface area contributed by atoms with Gasteiger partial charge in [-0.3, -0.25) is 9.36 Å². The van der Waals surface area contributed by atoms with Crippen LogP contribution in [-0.4, -0.2) is 16.7 Å². The maximum Gasteiger partial charge on any atom is 0.328 e. The Bertz CT molecular complexity index is 676. The van der Waals surface area contributed by atoms with E-state index in [0.717, 1.165) is 10.1 Å². The zero-order valence-electron chi connectivity index (χ0n) is 9.64. The van der Waals surface area contributed by atoms with Crippen molar-refractivity contribution in [1.29, 1.82) is 0 Å². The molecule has 0 bridgehead atoms. The summed E-state index contributed by atoms with van der Waals surface area (Å²) in [6.45, 7) is 0.164. The summed E-state index contributed by atoms with van der Waals surface area (Å²) in [7, 11) is 1.55. The minimum atomic E-state index is -0.450. The lowest BCUT2D eigenvalue weighted by atomic mass is 10.2. The van der Waals surface area contributed by atoms with Gasteiger partial charge in [-0.25, -0.2) is 4.79 Å². The number of benzene rings is 1. The first-order valence-electron chi connectivity index (χ1n) is 5.23. The van der Waals surface area contributed by atoms with Gasteiger partial charge in [-0.1, -0.05) is 18.2 Å². The second-order valence-corrected chi connectivity index (χ2v) is 4.50. The first-order valence-corrected chi connectivity index (χ1v) is 6.02. The van der Waals surface area contributed by atoms with E-state index < -0.39 is 5.69 Å². The largest absolute Gasteiger partial charge is 0.496 e. The molecule has 1 heterocycles. The average Bonchev–Trinajstić information content (AvgIpc) is 2.39. The average molecular weight is 311 g/mol. The minimum Gasteiger partial charge on any atom is -0.496 e. The molecule has 0 aliphatic heterocycles. The van der Waals surface area contributed by atoms with Crippen LogP contribution >= 0.6 is 15.9 Å². The number of aromatic amines is 1. The Kier molecular flexibility index (Phi) is 3.66. The van der Waals surface area contributed by atoms with E-state index in [1.807, 2.05) is 18.2 Å². The summed E-state index contributed by atoms with van der Waals surface area (Å²) >= 11 is 3.09. The molecule has 2 rings (SSSR count). The number of nitrogens with one attached hydrogen (secondary N) is 1. The number of aromatic nitrogens is 2. The summed E-state index contributed by atoms with van der Waals surface area (Å²) in [5.74, 6) is 0.642. The Hall–Kier alpha value is -1.82. The van der Waals surface area contributed by atoms with Gasteiger partial charge in [0.15, 0.2) is 0 Å². The van der Waals surface area contributed by atoms with Gasteiger partial charge < -0.3 is 9.72 Å². The molecule has 0 aliphatic rings. The maximum atomic E-state index is 11.8. The third kappa shape index (κ3) is 2.38. The molecule has 2 aromatic rings. The second-order valence-electron chi connectivity index (χ2n) is 3.64. The monoisotopic (exact) mass is 310 g/mol. The molecule has 0 aliphatic carbocycles. The van der Waals surface area contributed by atoms with Crippen LogP contribution in [0, 0.1) is 0 Å². The van der Waals surface area contributed by atoms with Gasteiger partial charge in [0, 0.05) is 11.8 Å². The molecule has 0 saturated heterocycles. The smallest absolute Gasteiger partial charge is 0.328 e. The van der Waals surface area contributed by atoms with Crippen LogP contribution in [0.5, 0.6) is 5.75 Å². The number of nitrogens with zero attached hydrogens (tertiary/aromatic N) is 1. The van der Waals surface area contributed by atoms with Crippen molar-refractivity contribution in [3.05, 3.63) is 61.3 Å². The van der Waals surface area contributed by atoms with Crippen molar-refractivity contribution in [2.24, 2.45) is 0 Å². The maximum absolute atomic E-state index is 11.8. The molecule has 1 aromatic carbocycles. The van der Waals surface area contributed by atoms with Crippen LogP contribution in [0.2, 0.25) is 0 Å². The van der Waals surface area contributed by atoms with Crippen molar-refractivity contribution >= 4 is 15.9 Å². The van der Waals surface area contributed by atoms with Crippen LogP contribution in [0.4, 0.5) is 0 Å². The zero-order chi connectivity index (χ0) is 13.1. The van der Waals surface area contributed by atoms with Crippen molar-refractivity contribution in [2.45, 2.75) is 6.54 Å². The van der Waals surface area contributed by atoms with Gasteiger partial charge in [-0.2, -0.15) is 0 Å². The number of rotatable bonds is 3. The number of H-pyrrole nitrogens is 1. The van der Waals surface area contributed by atoms with E-state index in [1.54, 1.807) is 13.2 Å². The predicted molar refractivity (Wildman–Crippen MR) is 71.1 cm³/mol. The summed E-state index contributed by atoms with van der Waals surface area (Å²) in [4.78, 5) is 26.0. The molecule has 1 aromatic heterocycles. The van der Waals surface area contributed by atoms with E-state index in [-0.39, 0.29) is 12.1 Å². The highest BCUT2D eigenvalue weighted by Crippen LogP contribution is 2.17. The Morgan fingerprint density at radius 3 is 2.78 bits per heavy atom. The summed E-state index contributed by atoms with van der Waals surface area (Å²) in [5.41, 5.74) is -0.0514. The molecule has 0 saturated carbocycles. The van der Waals surface area contributed by atoms with E-state index in [9.17, 15) is 9.59 Å². The number of halogens is 1. The third-order valence-corrected chi connectivity index (χ3v) is 3.11. The molecular formula is C12H11BrN2O3. The van der Waals surface area contributed by atoms with Crippen LogP contribution in [-0.2, 0) is 6.54 Å². The minimum absolute atomic E-state index is 0.164. The Labute approximate surface area is 111 Å². The lowest BCUT2D eigenvalue weighted by Crippen LogP contribution is -2.35. The summed E-state index contributed by atoms with van der Waals surface area (Å²) in [6, 6.07) is 7.25. The van der Waals surface area contributed by atoms with Crippen LogP contribution in [0.25, 0.3) is 0 Å². The van der Waals surface area contributed by atoms with Crippen LogP contribution < -0.4 is 16.0 Å². The van der Waals surface area contributed by atoms with E-state index in [1.165, 1.54) is 6.20 Å². The fourth-order valence-corrected chi connectivity index (χ4v) is 1.96. The Balaban J connectivity index is 2.50. The number of hydrogen-bond donors (Lipinski definition) is 1. The number of para-hydroxylation sites is 1. The van der Waals surface area contributed by atoms with Gasteiger partial charge >= 0.3 is 5.69 Å². The van der Waals surface area contributed by atoms with Gasteiger partial charge in [-0.05, 0) is 22.0 Å². The highest BCUT2D eigenvalue weighted by molar-refractivity contribution is 9.10. The zero-order valence-corrected chi connectivity index (χ0v) is 11.2. The molecule has 0 amide bonds. The van der Waals surface area contributed by atoms with Gasteiger partial charge in [0.25, 0.3) is 5.56 Å². The topological polar surface area (TPSA) is 64.1 Å². The van der Waals surface area contributed by atoms with Crippen molar-refractivity contribution < 1.29 is 4.74 Å². The van der Waals surface area contributed by atoms with Gasteiger partial charge in [-0.15, -0.1) is 0 Å². The number of hydrogen-bond acceptors (Lipinski definition) is 3. The number of ether oxygens (including phenoxy) is 1. The van der Waals surface area contributed by atoms with Gasteiger partial charge in [0.2, 0.25) is 0 Å². The molecule has 0 spiro atoms. The van der Waals surface area contributed by atoms with E-state index in [2.05, 4.69) is 20.9 Å². The molecule has 94 valence electrons. The van der Waals surface area contributed by atoms with Crippen molar-refractivity contribution in [3.63, 3.8) is 0 Å². The fraction of sp³-hybridized carbons (Fsp3) is 0.167. The first-order chi connectivity index (χ1) is 8.63. The summed E-state index contributed by atoms with van der Waals surface area (Å²) in [5, 5.41) is 0. The molecule has 0 atom stereocenters. The lowest BCUT2D eigenvalue weighted by Gasteiger charge is -2.09. The molecule has 5 nitrogen and oxygen atoms in total. The van der Waals surface area contributed by atoms with E-state index >= 15 is 0 Å². The fourth-order valence-electron chi connectivity index (χ4n) is 1.63. The first kappa shape index (κ1) is 12.6.